The standard InChI is InChI=1S/C10H10ClFN2O2S/c1-7(5-13)17(15,16)14-6-8-2-3-10(12)9(11)4-8/h2-4,7,14H,6H2,1H3. The second-order valence-electron chi connectivity index (χ2n) is 3.39. The van der Waals surface area contributed by atoms with E-state index in [-0.39, 0.29) is 11.6 Å². The number of hydrogen-bond donors (Lipinski definition) is 1. The van der Waals surface area contributed by atoms with E-state index in [4.69, 9.17) is 16.9 Å². The highest BCUT2D eigenvalue weighted by atomic mass is 35.5. The van der Waals surface area contributed by atoms with Crippen molar-refractivity contribution in [2.45, 2.75) is 18.7 Å². The van der Waals surface area contributed by atoms with E-state index in [2.05, 4.69) is 4.72 Å². The van der Waals surface area contributed by atoms with Gasteiger partial charge in [-0.15, -0.1) is 0 Å². The number of rotatable bonds is 4. The van der Waals surface area contributed by atoms with Crippen LogP contribution in [-0.2, 0) is 16.6 Å². The molecule has 0 fully saturated rings. The number of halogens is 2. The maximum Gasteiger partial charge on any atom is 0.227 e. The molecule has 0 radical (unpaired) electrons. The predicted molar refractivity (Wildman–Crippen MR) is 62.2 cm³/mol. The average Bonchev–Trinajstić information content (AvgIpc) is 2.29. The summed E-state index contributed by atoms with van der Waals surface area (Å²) >= 11 is 5.55. The topological polar surface area (TPSA) is 70.0 Å². The van der Waals surface area contributed by atoms with Crippen LogP contribution in [0, 0.1) is 17.1 Å². The Balaban J connectivity index is 2.75. The highest BCUT2D eigenvalue weighted by Crippen LogP contribution is 2.16. The number of nitrogens with zero attached hydrogens (tertiary/aromatic N) is 1. The van der Waals surface area contributed by atoms with Gasteiger partial charge in [0, 0.05) is 6.54 Å². The molecule has 4 nitrogen and oxygen atoms in total. The van der Waals surface area contributed by atoms with Gasteiger partial charge in [0.1, 0.15) is 5.82 Å². The number of sulfonamides is 1. The minimum atomic E-state index is -3.68. The summed E-state index contributed by atoms with van der Waals surface area (Å²) in [7, 11) is -3.68. The quantitative estimate of drug-likeness (QED) is 0.912. The molecular formula is C10H10ClFN2O2S. The van der Waals surface area contributed by atoms with E-state index in [0.717, 1.165) is 6.07 Å². The summed E-state index contributed by atoms with van der Waals surface area (Å²) in [6, 6.07) is 5.53. The van der Waals surface area contributed by atoms with Crippen LogP contribution >= 0.6 is 11.6 Å². The first-order valence-corrected chi connectivity index (χ1v) is 6.61. The average molecular weight is 277 g/mol. The van der Waals surface area contributed by atoms with Crippen LogP contribution in [0.5, 0.6) is 0 Å². The van der Waals surface area contributed by atoms with Crippen LogP contribution in [0.3, 0.4) is 0 Å². The SMILES string of the molecule is CC(C#N)S(=O)(=O)NCc1ccc(F)c(Cl)c1. The van der Waals surface area contributed by atoms with Gasteiger partial charge < -0.3 is 0 Å². The molecule has 0 amide bonds. The van der Waals surface area contributed by atoms with Crippen LogP contribution in [0.15, 0.2) is 18.2 Å². The fourth-order valence-electron chi connectivity index (χ4n) is 1.03. The van der Waals surface area contributed by atoms with Crippen LogP contribution in [0.1, 0.15) is 12.5 Å². The van der Waals surface area contributed by atoms with Crippen molar-refractivity contribution in [2.75, 3.05) is 0 Å². The molecule has 0 aromatic heterocycles. The van der Waals surface area contributed by atoms with E-state index < -0.39 is 21.1 Å². The molecule has 1 atom stereocenters. The molecule has 0 aliphatic heterocycles. The van der Waals surface area contributed by atoms with E-state index in [1.54, 1.807) is 6.07 Å². The van der Waals surface area contributed by atoms with Gasteiger partial charge in [-0.25, -0.2) is 17.5 Å². The fraction of sp³-hybridized carbons (Fsp3) is 0.300. The third-order valence-electron chi connectivity index (χ3n) is 2.11. The van der Waals surface area contributed by atoms with Gasteiger partial charge in [0.15, 0.2) is 5.25 Å². The van der Waals surface area contributed by atoms with Crippen molar-refractivity contribution in [2.24, 2.45) is 0 Å². The van der Waals surface area contributed by atoms with E-state index in [1.165, 1.54) is 19.1 Å². The van der Waals surface area contributed by atoms with Crippen molar-refractivity contribution in [3.63, 3.8) is 0 Å². The van der Waals surface area contributed by atoms with E-state index in [0.29, 0.717) is 5.56 Å². The van der Waals surface area contributed by atoms with Gasteiger partial charge in [-0.05, 0) is 24.6 Å². The zero-order valence-corrected chi connectivity index (χ0v) is 10.5. The molecule has 7 heteroatoms. The van der Waals surface area contributed by atoms with Crippen molar-refractivity contribution in [3.05, 3.63) is 34.6 Å². The van der Waals surface area contributed by atoms with E-state index in [9.17, 15) is 12.8 Å². The number of nitrogens with one attached hydrogen (secondary N) is 1. The van der Waals surface area contributed by atoms with Gasteiger partial charge in [0.05, 0.1) is 11.1 Å². The van der Waals surface area contributed by atoms with Crippen molar-refractivity contribution in [1.29, 1.82) is 5.26 Å². The zero-order valence-electron chi connectivity index (χ0n) is 8.94. The van der Waals surface area contributed by atoms with E-state index in [1.807, 2.05) is 0 Å². The first-order valence-electron chi connectivity index (χ1n) is 4.69. The molecule has 1 N–H and O–H groups in total. The molecule has 1 rings (SSSR count). The van der Waals surface area contributed by atoms with Crippen LogP contribution in [0.25, 0.3) is 0 Å². The van der Waals surface area contributed by atoms with Crippen LogP contribution < -0.4 is 4.72 Å². The zero-order chi connectivity index (χ0) is 13.1. The fourth-order valence-corrected chi connectivity index (χ4v) is 1.99. The molecule has 17 heavy (non-hydrogen) atoms. The van der Waals surface area contributed by atoms with Gasteiger partial charge in [-0.1, -0.05) is 17.7 Å². The number of hydrogen-bond acceptors (Lipinski definition) is 3. The molecule has 0 saturated carbocycles. The Hall–Kier alpha value is -1.16. The molecule has 1 aromatic carbocycles. The van der Waals surface area contributed by atoms with E-state index >= 15 is 0 Å². The van der Waals surface area contributed by atoms with Crippen LogP contribution in [0.2, 0.25) is 5.02 Å². The predicted octanol–water partition coefficient (Wildman–Crippen LogP) is 1.81. The summed E-state index contributed by atoms with van der Waals surface area (Å²) in [5.74, 6) is -0.566. The molecule has 1 aromatic rings. The summed E-state index contributed by atoms with van der Waals surface area (Å²) < 4.78 is 38.0. The Bertz CT molecular complexity index is 554. The maximum atomic E-state index is 12.8. The molecule has 0 heterocycles. The summed E-state index contributed by atoms with van der Waals surface area (Å²) in [6.45, 7) is 1.24. The van der Waals surface area contributed by atoms with Gasteiger partial charge in [0.2, 0.25) is 10.0 Å². The minimum Gasteiger partial charge on any atom is -0.211 e. The van der Waals surface area contributed by atoms with Crippen LogP contribution in [-0.4, -0.2) is 13.7 Å². The Kier molecular flexibility index (Phi) is 4.46. The minimum absolute atomic E-state index is 0.0334. The highest BCUT2D eigenvalue weighted by Gasteiger charge is 2.19. The maximum absolute atomic E-state index is 12.8. The first kappa shape index (κ1) is 13.9. The molecular weight excluding hydrogens is 267 g/mol. The first-order chi connectivity index (χ1) is 7.86. The lowest BCUT2D eigenvalue weighted by molar-refractivity contribution is 0.576. The molecule has 0 saturated heterocycles. The monoisotopic (exact) mass is 276 g/mol. The second kappa shape index (κ2) is 5.45. The van der Waals surface area contributed by atoms with Crippen LogP contribution in [0.4, 0.5) is 4.39 Å². The van der Waals surface area contributed by atoms with Crippen molar-refractivity contribution in [3.8, 4) is 6.07 Å². The summed E-state index contributed by atoms with van der Waals surface area (Å²) in [6.07, 6.45) is 0. The highest BCUT2D eigenvalue weighted by molar-refractivity contribution is 7.90. The molecule has 0 spiro atoms. The van der Waals surface area contributed by atoms with Gasteiger partial charge in [0.25, 0.3) is 0 Å². The smallest absolute Gasteiger partial charge is 0.211 e. The third-order valence-corrected chi connectivity index (χ3v) is 3.98. The number of benzene rings is 1. The Morgan fingerprint density at radius 3 is 2.76 bits per heavy atom. The normalized spacial score (nSPS) is 13.1. The summed E-state index contributed by atoms with van der Waals surface area (Å²) in [5.41, 5.74) is 0.519. The molecule has 92 valence electrons. The largest absolute Gasteiger partial charge is 0.227 e. The van der Waals surface area contributed by atoms with Gasteiger partial charge >= 0.3 is 0 Å². The lowest BCUT2D eigenvalue weighted by Crippen LogP contribution is -2.31. The molecule has 0 aliphatic carbocycles. The second-order valence-corrected chi connectivity index (χ2v) is 5.88. The number of nitriles is 1. The van der Waals surface area contributed by atoms with Gasteiger partial charge in [-0.3, -0.25) is 0 Å². The summed E-state index contributed by atoms with van der Waals surface area (Å²) in [4.78, 5) is 0. The Labute approximate surface area is 104 Å². The van der Waals surface area contributed by atoms with Crippen molar-refractivity contribution >= 4 is 21.6 Å². The van der Waals surface area contributed by atoms with Crippen molar-refractivity contribution < 1.29 is 12.8 Å². The Morgan fingerprint density at radius 1 is 1.59 bits per heavy atom. The lowest BCUT2D eigenvalue weighted by atomic mass is 10.2. The van der Waals surface area contributed by atoms with Gasteiger partial charge in [-0.2, -0.15) is 5.26 Å². The third kappa shape index (κ3) is 3.66. The molecule has 0 bridgehead atoms. The van der Waals surface area contributed by atoms with Crippen molar-refractivity contribution in [1.82, 2.24) is 4.72 Å². The summed E-state index contributed by atoms with van der Waals surface area (Å²) in [5, 5.41) is 7.29. The lowest BCUT2D eigenvalue weighted by Gasteiger charge is -2.08. The molecule has 1 unspecified atom stereocenters. The Morgan fingerprint density at radius 2 is 2.24 bits per heavy atom. The molecule has 0 aliphatic rings.